The lowest BCUT2D eigenvalue weighted by Gasteiger charge is -2.21. The number of sulfonamides is 1. The predicted molar refractivity (Wildman–Crippen MR) is 132 cm³/mol. The zero-order valence-electron chi connectivity index (χ0n) is 17.9. The minimum absolute atomic E-state index is 0.125. The molecule has 0 aromatic heterocycles. The molecule has 0 bridgehead atoms. The van der Waals surface area contributed by atoms with Crippen molar-refractivity contribution in [1.82, 2.24) is 9.73 Å². The van der Waals surface area contributed by atoms with Crippen molar-refractivity contribution >= 4 is 45.3 Å². The maximum absolute atomic E-state index is 13.3. The van der Waals surface area contributed by atoms with Gasteiger partial charge in [0.25, 0.3) is 5.91 Å². The minimum atomic E-state index is -3.90. The summed E-state index contributed by atoms with van der Waals surface area (Å²) < 4.78 is 27.7. The van der Waals surface area contributed by atoms with Crippen molar-refractivity contribution in [2.75, 3.05) is 13.1 Å². The van der Waals surface area contributed by atoms with Gasteiger partial charge in [-0.2, -0.15) is 9.41 Å². The van der Waals surface area contributed by atoms with Crippen molar-refractivity contribution in [2.45, 2.75) is 18.2 Å². The molecule has 0 unspecified atom stereocenters. The lowest BCUT2D eigenvalue weighted by Crippen LogP contribution is -2.40. The van der Waals surface area contributed by atoms with Gasteiger partial charge in [-0.25, -0.2) is 13.8 Å². The Kier molecular flexibility index (Phi) is 8.63. The first-order valence-electron chi connectivity index (χ1n) is 10.1. The number of nitrogens with one attached hydrogen (secondary N) is 1. The molecule has 0 aliphatic carbocycles. The van der Waals surface area contributed by atoms with Crippen LogP contribution in [0.5, 0.6) is 0 Å². The monoisotopic (exact) mass is 503 g/mol. The van der Waals surface area contributed by atoms with Crippen LogP contribution in [0.2, 0.25) is 10.0 Å². The zero-order chi connectivity index (χ0) is 23.8. The molecule has 0 aliphatic heterocycles. The number of nitrogens with zero attached hydrogens (tertiary/aromatic N) is 2. The summed E-state index contributed by atoms with van der Waals surface area (Å²) >= 11 is 12.2. The molecule has 0 saturated carbocycles. The fourth-order valence-corrected chi connectivity index (χ4v) is 4.93. The molecule has 3 aromatic carbocycles. The Bertz CT molecular complexity index is 1210. The van der Waals surface area contributed by atoms with Crippen molar-refractivity contribution in [2.24, 2.45) is 5.10 Å². The summed E-state index contributed by atoms with van der Waals surface area (Å²) in [6.07, 6.45) is 1.78. The van der Waals surface area contributed by atoms with Gasteiger partial charge in [0.05, 0.1) is 27.7 Å². The highest BCUT2D eigenvalue weighted by molar-refractivity contribution is 7.89. The van der Waals surface area contributed by atoms with Crippen LogP contribution in [0.3, 0.4) is 0 Å². The van der Waals surface area contributed by atoms with Gasteiger partial charge in [0.15, 0.2) is 0 Å². The van der Waals surface area contributed by atoms with E-state index in [-0.39, 0.29) is 11.4 Å². The fraction of sp³-hybridized carbons (Fsp3) is 0.167. The van der Waals surface area contributed by atoms with Gasteiger partial charge < -0.3 is 0 Å². The molecular formula is C24H23Cl2N3O3S. The molecule has 0 atom stereocenters. The van der Waals surface area contributed by atoms with Crippen LogP contribution in [-0.4, -0.2) is 37.9 Å². The molecule has 3 aromatic rings. The summed E-state index contributed by atoms with van der Waals surface area (Å²) in [6, 6.07) is 21.0. The van der Waals surface area contributed by atoms with Crippen LogP contribution >= 0.6 is 23.2 Å². The van der Waals surface area contributed by atoms with Gasteiger partial charge in [0, 0.05) is 12.1 Å². The third-order valence-electron chi connectivity index (χ3n) is 4.85. The SMILES string of the molecule is Cc1ccc(S(=O)(=O)N(CCc2ccccc2)CC(=O)N/N=C\c2c(Cl)cccc2Cl)cc1. The Balaban J connectivity index is 1.76. The fourth-order valence-electron chi connectivity index (χ4n) is 3.04. The largest absolute Gasteiger partial charge is 0.272 e. The number of rotatable bonds is 9. The highest BCUT2D eigenvalue weighted by Gasteiger charge is 2.26. The van der Waals surface area contributed by atoms with Gasteiger partial charge in [0.2, 0.25) is 10.0 Å². The van der Waals surface area contributed by atoms with Crippen LogP contribution in [0.25, 0.3) is 0 Å². The van der Waals surface area contributed by atoms with Crippen LogP contribution in [0, 0.1) is 6.92 Å². The molecule has 1 amide bonds. The van der Waals surface area contributed by atoms with Crippen molar-refractivity contribution in [3.8, 4) is 0 Å². The number of hydrogen-bond donors (Lipinski definition) is 1. The predicted octanol–water partition coefficient (Wildman–Crippen LogP) is 4.69. The van der Waals surface area contributed by atoms with Crippen molar-refractivity contribution in [3.63, 3.8) is 0 Å². The lowest BCUT2D eigenvalue weighted by molar-refractivity contribution is -0.121. The molecule has 6 nitrogen and oxygen atoms in total. The maximum Gasteiger partial charge on any atom is 0.255 e. The molecule has 0 spiro atoms. The summed E-state index contributed by atoms with van der Waals surface area (Å²) in [4.78, 5) is 12.7. The van der Waals surface area contributed by atoms with Gasteiger partial charge >= 0.3 is 0 Å². The molecule has 1 N–H and O–H groups in total. The van der Waals surface area contributed by atoms with Crippen LogP contribution in [0.4, 0.5) is 0 Å². The first-order valence-corrected chi connectivity index (χ1v) is 12.3. The average Bonchev–Trinajstić information content (AvgIpc) is 2.79. The first-order chi connectivity index (χ1) is 15.8. The van der Waals surface area contributed by atoms with E-state index in [1.807, 2.05) is 37.3 Å². The van der Waals surface area contributed by atoms with Crippen LogP contribution in [-0.2, 0) is 21.2 Å². The number of benzene rings is 3. The molecule has 0 fully saturated rings. The van der Waals surface area contributed by atoms with E-state index < -0.39 is 22.5 Å². The summed E-state index contributed by atoms with van der Waals surface area (Å²) in [5.74, 6) is -0.585. The molecule has 0 heterocycles. The Labute approximate surface area is 203 Å². The second kappa shape index (κ2) is 11.4. The van der Waals surface area contributed by atoms with Crippen LogP contribution in [0.1, 0.15) is 16.7 Å². The van der Waals surface area contributed by atoms with E-state index in [0.717, 1.165) is 15.4 Å². The molecular weight excluding hydrogens is 481 g/mol. The third kappa shape index (κ3) is 6.88. The number of hydrazone groups is 1. The smallest absolute Gasteiger partial charge is 0.255 e. The molecule has 33 heavy (non-hydrogen) atoms. The Morgan fingerprint density at radius 3 is 2.24 bits per heavy atom. The second-order valence-corrected chi connectivity index (χ2v) is 10.1. The van der Waals surface area contributed by atoms with Crippen LogP contribution in [0.15, 0.2) is 82.8 Å². The standard InChI is InChI=1S/C24H23Cl2N3O3S/c1-18-10-12-20(13-11-18)33(31,32)29(15-14-19-6-3-2-4-7-19)17-24(30)28-27-16-21-22(25)8-5-9-23(21)26/h2-13,16H,14-15,17H2,1H3,(H,28,30)/b27-16-. The van der Waals surface area contributed by atoms with Crippen LogP contribution < -0.4 is 5.43 Å². The number of carbonyl (C=O) groups is 1. The van der Waals surface area contributed by atoms with E-state index >= 15 is 0 Å². The van der Waals surface area contributed by atoms with Gasteiger partial charge in [0.1, 0.15) is 0 Å². The number of amides is 1. The summed E-state index contributed by atoms with van der Waals surface area (Å²) in [6.45, 7) is 1.62. The van der Waals surface area contributed by atoms with Crippen molar-refractivity contribution in [3.05, 3.63) is 99.5 Å². The summed E-state index contributed by atoms with van der Waals surface area (Å²) in [7, 11) is -3.90. The van der Waals surface area contributed by atoms with Crippen molar-refractivity contribution in [1.29, 1.82) is 0 Å². The number of halogens is 2. The highest BCUT2D eigenvalue weighted by Crippen LogP contribution is 2.22. The van der Waals surface area contributed by atoms with Gasteiger partial charge in [-0.05, 0) is 43.2 Å². The van der Waals surface area contributed by atoms with E-state index in [2.05, 4.69) is 10.5 Å². The minimum Gasteiger partial charge on any atom is -0.272 e. The first kappa shape index (κ1) is 24.9. The molecule has 0 aliphatic rings. The quantitative estimate of drug-likeness (QED) is 0.339. The number of carbonyl (C=O) groups excluding carboxylic acids is 1. The van der Waals surface area contributed by atoms with Gasteiger partial charge in [-0.3, -0.25) is 4.79 Å². The third-order valence-corrected chi connectivity index (χ3v) is 7.37. The van der Waals surface area contributed by atoms with Crippen molar-refractivity contribution < 1.29 is 13.2 Å². The van der Waals surface area contributed by atoms with Gasteiger partial charge in [-0.1, -0.05) is 77.3 Å². The molecule has 9 heteroatoms. The zero-order valence-corrected chi connectivity index (χ0v) is 20.2. The highest BCUT2D eigenvalue weighted by atomic mass is 35.5. The Hall–Kier alpha value is -2.71. The maximum atomic E-state index is 13.3. The molecule has 0 saturated heterocycles. The summed E-state index contributed by atoms with van der Waals surface area (Å²) in [5.41, 5.74) is 4.71. The number of hydrogen-bond acceptors (Lipinski definition) is 4. The van der Waals surface area contributed by atoms with E-state index in [0.29, 0.717) is 22.0 Å². The molecule has 3 rings (SSSR count). The Morgan fingerprint density at radius 1 is 0.970 bits per heavy atom. The lowest BCUT2D eigenvalue weighted by atomic mass is 10.1. The second-order valence-electron chi connectivity index (χ2n) is 7.32. The normalized spacial score (nSPS) is 11.8. The van der Waals surface area contributed by atoms with Gasteiger partial charge in [-0.15, -0.1) is 0 Å². The average molecular weight is 504 g/mol. The van der Waals surface area contributed by atoms with E-state index in [4.69, 9.17) is 23.2 Å². The van der Waals surface area contributed by atoms with E-state index in [1.54, 1.807) is 30.3 Å². The topological polar surface area (TPSA) is 78.8 Å². The Morgan fingerprint density at radius 2 is 1.61 bits per heavy atom. The number of aryl methyl sites for hydroxylation is 1. The molecule has 172 valence electrons. The molecule has 0 radical (unpaired) electrons. The van der Waals surface area contributed by atoms with E-state index in [1.165, 1.54) is 18.3 Å². The van der Waals surface area contributed by atoms with E-state index in [9.17, 15) is 13.2 Å². The summed E-state index contributed by atoms with van der Waals surface area (Å²) in [5, 5.41) is 4.65.